The van der Waals surface area contributed by atoms with E-state index in [-0.39, 0.29) is 11.8 Å². The Morgan fingerprint density at radius 2 is 1.76 bits per heavy atom. The van der Waals surface area contributed by atoms with Gasteiger partial charge in [0.05, 0.1) is 29.4 Å². The lowest BCUT2D eigenvalue weighted by Crippen LogP contribution is -2.33. The summed E-state index contributed by atoms with van der Waals surface area (Å²) in [5.41, 5.74) is 3.80. The van der Waals surface area contributed by atoms with E-state index in [1.165, 1.54) is 18.4 Å². The maximum Gasteiger partial charge on any atom is 0.337 e. The van der Waals surface area contributed by atoms with Crippen molar-refractivity contribution in [3.05, 3.63) is 70.1 Å². The van der Waals surface area contributed by atoms with Crippen molar-refractivity contribution in [2.75, 3.05) is 19.0 Å². The van der Waals surface area contributed by atoms with Crippen LogP contribution in [0.3, 0.4) is 0 Å². The molecule has 2 aromatic heterocycles. The highest BCUT2D eigenvalue weighted by molar-refractivity contribution is 7.23. The van der Waals surface area contributed by atoms with Crippen molar-refractivity contribution in [3.8, 4) is 10.6 Å². The van der Waals surface area contributed by atoms with Gasteiger partial charge < -0.3 is 15.0 Å². The Morgan fingerprint density at radius 3 is 2.47 bits per heavy atom. The minimum Gasteiger partial charge on any atom is -0.465 e. The van der Waals surface area contributed by atoms with E-state index < -0.39 is 5.97 Å². The summed E-state index contributed by atoms with van der Waals surface area (Å²) in [5, 5.41) is 4.63. The minimum absolute atomic E-state index is 0.0388. The van der Waals surface area contributed by atoms with Gasteiger partial charge >= 0.3 is 5.97 Å². The molecule has 5 rings (SSSR count). The lowest BCUT2D eigenvalue weighted by Gasteiger charge is -2.26. The number of ether oxygens (including phenoxy) is 1. The average molecular weight is 492 g/mol. The van der Waals surface area contributed by atoms with Gasteiger partial charge in [-0.3, -0.25) is 9.59 Å². The molecule has 34 heavy (non-hydrogen) atoms. The highest BCUT2D eigenvalue weighted by atomic mass is 32.1. The number of hydrogen-bond acceptors (Lipinski definition) is 7. The summed E-state index contributed by atoms with van der Waals surface area (Å²) in [5.74, 6) is -0.691. The van der Waals surface area contributed by atoms with Crippen LogP contribution in [-0.2, 0) is 22.5 Å². The maximum absolute atomic E-state index is 13.1. The number of rotatable bonds is 4. The van der Waals surface area contributed by atoms with E-state index in [1.807, 2.05) is 29.2 Å². The van der Waals surface area contributed by atoms with E-state index in [9.17, 15) is 14.4 Å². The van der Waals surface area contributed by atoms with E-state index in [0.717, 1.165) is 36.2 Å². The predicted octanol–water partition coefficient (Wildman–Crippen LogP) is 4.97. The molecule has 0 atom stereocenters. The van der Waals surface area contributed by atoms with Gasteiger partial charge in [0.15, 0.2) is 0 Å². The number of hydrogen-bond donors (Lipinski definition) is 1. The maximum atomic E-state index is 13.1. The summed E-state index contributed by atoms with van der Waals surface area (Å²) < 4.78 is 5.80. The van der Waals surface area contributed by atoms with Crippen molar-refractivity contribution in [2.24, 2.45) is 0 Å². The first-order valence-corrected chi connectivity index (χ1v) is 12.3. The molecule has 0 unspecified atom stereocenters. The molecule has 0 spiro atoms. The number of thiophene rings is 1. The number of thiazole rings is 1. The second-order valence-corrected chi connectivity index (χ2v) is 10.0. The number of fused-ring (bicyclic) bond motifs is 2. The predicted molar refractivity (Wildman–Crippen MR) is 133 cm³/mol. The van der Waals surface area contributed by atoms with Crippen LogP contribution in [0.25, 0.3) is 20.8 Å². The number of nitrogens with zero attached hydrogens (tertiary/aromatic N) is 2. The monoisotopic (exact) mass is 491 g/mol. The molecule has 1 N–H and O–H groups in total. The molecule has 1 aliphatic heterocycles. The Balaban J connectivity index is 1.53. The van der Waals surface area contributed by atoms with Crippen LogP contribution < -0.4 is 5.32 Å². The van der Waals surface area contributed by atoms with Gasteiger partial charge in [0, 0.05) is 29.5 Å². The summed E-state index contributed by atoms with van der Waals surface area (Å²) in [6.07, 6.45) is 0.709. The van der Waals surface area contributed by atoms with Crippen molar-refractivity contribution in [1.29, 1.82) is 0 Å². The van der Waals surface area contributed by atoms with Gasteiger partial charge in [-0.05, 0) is 48.4 Å². The van der Waals surface area contributed by atoms with Crippen molar-refractivity contribution >= 4 is 55.7 Å². The number of nitrogens with one attached hydrogen (secondary N) is 1. The van der Waals surface area contributed by atoms with Crippen LogP contribution in [0.1, 0.15) is 38.1 Å². The molecule has 2 aromatic carbocycles. The Bertz CT molecular complexity index is 1390. The van der Waals surface area contributed by atoms with Crippen LogP contribution in [0.4, 0.5) is 5.00 Å². The van der Waals surface area contributed by atoms with Crippen molar-refractivity contribution in [3.63, 3.8) is 0 Å². The molecule has 2 amide bonds. The normalized spacial score (nSPS) is 12.9. The van der Waals surface area contributed by atoms with Gasteiger partial charge in [0.25, 0.3) is 5.91 Å². The van der Waals surface area contributed by atoms with Gasteiger partial charge in [-0.25, -0.2) is 9.78 Å². The molecule has 172 valence electrons. The number of methoxy groups -OCH3 is 1. The fourth-order valence-electron chi connectivity index (χ4n) is 4.02. The van der Waals surface area contributed by atoms with Crippen molar-refractivity contribution in [2.45, 2.75) is 19.9 Å². The van der Waals surface area contributed by atoms with Crippen LogP contribution in [0.5, 0.6) is 0 Å². The SMILES string of the molecule is COC(=O)c1ccc(C(=O)Nc2sc3c(c2-c2nc4ccccc4s2)CCN(C(C)=O)C3)cc1. The number of carbonyl (C=O) groups is 3. The zero-order valence-electron chi connectivity index (χ0n) is 18.6. The molecule has 7 nitrogen and oxygen atoms in total. The smallest absolute Gasteiger partial charge is 0.337 e. The Kier molecular flexibility index (Phi) is 5.89. The number of anilines is 1. The lowest BCUT2D eigenvalue weighted by atomic mass is 10.0. The van der Waals surface area contributed by atoms with Gasteiger partial charge in [0.1, 0.15) is 10.0 Å². The summed E-state index contributed by atoms with van der Waals surface area (Å²) in [7, 11) is 1.32. The number of esters is 1. The summed E-state index contributed by atoms with van der Waals surface area (Å²) in [6.45, 7) is 2.74. The highest BCUT2D eigenvalue weighted by Crippen LogP contribution is 2.45. The number of aromatic nitrogens is 1. The Hall–Kier alpha value is -3.56. The number of para-hydroxylation sites is 1. The second-order valence-electron chi connectivity index (χ2n) is 7.91. The Morgan fingerprint density at radius 1 is 1.03 bits per heavy atom. The molecular formula is C25H21N3O4S2. The highest BCUT2D eigenvalue weighted by Gasteiger charge is 2.28. The zero-order valence-corrected chi connectivity index (χ0v) is 20.2. The third-order valence-electron chi connectivity index (χ3n) is 5.81. The summed E-state index contributed by atoms with van der Waals surface area (Å²) in [4.78, 5) is 44.5. The molecule has 0 fully saturated rings. The topological polar surface area (TPSA) is 88.6 Å². The second kappa shape index (κ2) is 9.00. The number of benzene rings is 2. The molecule has 0 saturated carbocycles. The molecule has 0 saturated heterocycles. The zero-order chi connectivity index (χ0) is 23.8. The van der Waals surface area contributed by atoms with Crippen molar-refractivity contribution < 1.29 is 19.1 Å². The number of amides is 2. The molecule has 0 radical (unpaired) electrons. The Labute approximate surface area is 204 Å². The standard InChI is InChI=1S/C25H21N3O4S2/c1-14(29)28-12-11-17-20(13-28)34-24(21(17)23-26-18-5-3-4-6-19(18)33-23)27-22(30)15-7-9-16(10-8-15)25(31)32-2/h3-10H,11-13H2,1-2H3,(H,27,30). The van der Waals surface area contributed by atoms with Crippen LogP contribution >= 0.6 is 22.7 Å². The molecule has 0 bridgehead atoms. The first-order chi connectivity index (χ1) is 16.4. The van der Waals surface area contributed by atoms with E-state index in [0.29, 0.717) is 30.6 Å². The largest absolute Gasteiger partial charge is 0.465 e. The third kappa shape index (κ3) is 4.08. The summed E-state index contributed by atoms with van der Waals surface area (Å²) >= 11 is 3.08. The van der Waals surface area contributed by atoms with Crippen LogP contribution in [0.2, 0.25) is 0 Å². The molecule has 4 aromatic rings. The van der Waals surface area contributed by atoms with E-state index >= 15 is 0 Å². The molecule has 9 heteroatoms. The van der Waals surface area contributed by atoms with E-state index in [2.05, 4.69) is 5.32 Å². The fraction of sp³-hybridized carbons (Fsp3) is 0.200. The fourth-order valence-corrected chi connectivity index (χ4v) is 6.39. The molecule has 0 aliphatic carbocycles. The first-order valence-electron chi connectivity index (χ1n) is 10.7. The van der Waals surface area contributed by atoms with Gasteiger partial charge in [-0.15, -0.1) is 22.7 Å². The van der Waals surface area contributed by atoms with E-state index in [4.69, 9.17) is 9.72 Å². The van der Waals surface area contributed by atoms with Gasteiger partial charge in [0.2, 0.25) is 5.91 Å². The lowest BCUT2D eigenvalue weighted by molar-refractivity contribution is -0.129. The third-order valence-corrected chi connectivity index (χ3v) is 7.99. The van der Waals surface area contributed by atoms with Crippen molar-refractivity contribution in [1.82, 2.24) is 9.88 Å². The summed E-state index contributed by atoms with van der Waals surface area (Å²) in [6, 6.07) is 14.3. The molecule has 1 aliphatic rings. The van der Waals surface area contributed by atoms with Crippen LogP contribution in [0.15, 0.2) is 48.5 Å². The molecule has 3 heterocycles. The minimum atomic E-state index is -0.453. The average Bonchev–Trinajstić information content (AvgIpc) is 3.43. The first kappa shape index (κ1) is 22.2. The van der Waals surface area contributed by atoms with Gasteiger partial charge in [-0.1, -0.05) is 12.1 Å². The van der Waals surface area contributed by atoms with Crippen LogP contribution in [0, 0.1) is 0 Å². The molecular weight excluding hydrogens is 470 g/mol. The quantitative estimate of drug-likeness (QED) is 0.407. The van der Waals surface area contributed by atoms with Gasteiger partial charge in [-0.2, -0.15) is 0 Å². The number of carbonyl (C=O) groups excluding carboxylic acids is 3. The van der Waals surface area contributed by atoms with E-state index in [1.54, 1.807) is 42.5 Å². The van der Waals surface area contributed by atoms with Crippen LogP contribution in [-0.4, -0.2) is 41.3 Å².